The van der Waals surface area contributed by atoms with Gasteiger partial charge >= 0.3 is 0 Å². The molecule has 0 aliphatic rings. The monoisotopic (exact) mass is 431 g/mol. The maximum absolute atomic E-state index is 13.0. The second kappa shape index (κ2) is 8.66. The number of aliphatic hydroxyl groups excluding tert-OH is 1. The molecule has 0 saturated carbocycles. The number of benzene rings is 2. The number of allylic oxidation sites excluding steroid dienone is 1. The minimum absolute atomic E-state index is 0.0715. The number of thioether (sulfide) groups is 1. The van der Waals surface area contributed by atoms with Crippen LogP contribution in [0, 0.1) is 17.2 Å². The number of nitriles is 1. The topological polar surface area (TPSA) is 108 Å². The van der Waals surface area contributed by atoms with E-state index >= 15 is 0 Å². The summed E-state index contributed by atoms with van der Waals surface area (Å²) in [6, 6.07) is 16.7. The summed E-state index contributed by atoms with van der Waals surface area (Å²) in [6.45, 7) is 4.57. The highest BCUT2D eigenvalue weighted by Crippen LogP contribution is 2.24. The van der Waals surface area contributed by atoms with Gasteiger partial charge in [0.1, 0.15) is 17.4 Å². The third kappa shape index (κ3) is 4.18. The Morgan fingerprint density at radius 2 is 1.87 bits per heavy atom. The van der Waals surface area contributed by atoms with Crippen LogP contribution in [0.15, 0.2) is 64.2 Å². The number of aromatic nitrogens is 4. The van der Waals surface area contributed by atoms with Gasteiger partial charge < -0.3 is 10.1 Å². The zero-order valence-electron chi connectivity index (χ0n) is 17.2. The molecular formula is C23H21N5O2S. The average Bonchev–Trinajstić information content (AvgIpc) is 3.18. The van der Waals surface area contributed by atoms with Gasteiger partial charge in [-0.3, -0.25) is 9.36 Å². The largest absolute Gasteiger partial charge is 0.510 e. The molecule has 0 amide bonds. The lowest BCUT2D eigenvalue weighted by atomic mass is 10.2. The number of rotatable bonds is 6. The molecule has 0 spiro atoms. The predicted octanol–water partition coefficient (Wildman–Crippen LogP) is 4.51. The number of aromatic amines is 1. The van der Waals surface area contributed by atoms with E-state index in [1.54, 1.807) is 16.7 Å². The van der Waals surface area contributed by atoms with Crippen molar-refractivity contribution >= 4 is 39.3 Å². The van der Waals surface area contributed by atoms with Crippen molar-refractivity contribution in [3.05, 3.63) is 70.5 Å². The van der Waals surface area contributed by atoms with Crippen LogP contribution in [-0.2, 0) is 6.54 Å². The average molecular weight is 432 g/mol. The molecule has 0 aliphatic carbocycles. The van der Waals surface area contributed by atoms with Crippen molar-refractivity contribution in [2.75, 3.05) is 5.75 Å². The molecule has 7 nitrogen and oxygen atoms in total. The third-order valence-corrected chi connectivity index (χ3v) is 5.73. The first-order valence-electron chi connectivity index (χ1n) is 9.87. The van der Waals surface area contributed by atoms with Gasteiger partial charge in [0, 0.05) is 6.54 Å². The molecule has 4 aromatic rings. The molecule has 31 heavy (non-hydrogen) atoms. The normalized spacial score (nSPS) is 12.3. The molecule has 0 saturated heterocycles. The lowest BCUT2D eigenvalue weighted by Crippen LogP contribution is -2.25. The number of hydrogen-bond acceptors (Lipinski definition) is 6. The van der Waals surface area contributed by atoms with Crippen molar-refractivity contribution in [3.8, 4) is 6.07 Å². The van der Waals surface area contributed by atoms with E-state index in [2.05, 4.69) is 15.0 Å². The van der Waals surface area contributed by atoms with Gasteiger partial charge in [-0.1, -0.05) is 49.9 Å². The Morgan fingerprint density at radius 3 is 2.58 bits per heavy atom. The fourth-order valence-electron chi connectivity index (χ4n) is 3.31. The highest BCUT2D eigenvalue weighted by Gasteiger charge is 2.17. The number of H-pyrrole nitrogens is 1. The van der Waals surface area contributed by atoms with Gasteiger partial charge in [0.05, 0.1) is 27.7 Å². The third-order valence-electron chi connectivity index (χ3n) is 4.74. The van der Waals surface area contributed by atoms with Crippen LogP contribution in [-0.4, -0.2) is 30.4 Å². The van der Waals surface area contributed by atoms with E-state index in [-0.39, 0.29) is 28.6 Å². The van der Waals surface area contributed by atoms with Crippen molar-refractivity contribution < 1.29 is 5.11 Å². The molecule has 2 heterocycles. The number of hydrogen-bond donors (Lipinski definition) is 2. The zero-order chi connectivity index (χ0) is 22.0. The van der Waals surface area contributed by atoms with Gasteiger partial charge in [-0.15, -0.1) is 0 Å². The summed E-state index contributed by atoms with van der Waals surface area (Å²) in [5.74, 6) is 0.523. The molecular weight excluding hydrogens is 410 g/mol. The molecule has 0 radical (unpaired) electrons. The first kappa shape index (κ1) is 20.7. The van der Waals surface area contributed by atoms with Crippen LogP contribution < -0.4 is 5.56 Å². The summed E-state index contributed by atoms with van der Waals surface area (Å²) in [5, 5.41) is 21.4. The van der Waals surface area contributed by atoms with Crippen molar-refractivity contribution in [3.63, 3.8) is 0 Å². The van der Waals surface area contributed by atoms with Gasteiger partial charge in [-0.05, 0) is 30.2 Å². The van der Waals surface area contributed by atoms with Crippen LogP contribution in [0.3, 0.4) is 0 Å². The van der Waals surface area contributed by atoms with Crippen LogP contribution >= 0.6 is 11.8 Å². The van der Waals surface area contributed by atoms with E-state index in [1.807, 2.05) is 56.3 Å². The second-order valence-electron chi connectivity index (χ2n) is 7.55. The number of fused-ring (bicyclic) bond motifs is 2. The lowest BCUT2D eigenvalue weighted by Gasteiger charge is -2.15. The van der Waals surface area contributed by atoms with Gasteiger partial charge in [0.15, 0.2) is 11.0 Å². The fourth-order valence-corrected chi connectivity index (χ4v) is 4.20. The zero-order valence-corrected chi connectivity index (χ0v) is 18.0. The molecule has 8 heteroatoms. The number of aliphatic hydroxyl groups is 1. The molecule has 4 rings (SSSR count). The Morgan fingerprint density at radius 1 is 1.16 bits per heavy atom. The van der Waals surface area contributed by atoms with Crippen LogP contribution in [0.1, 0.15) is 19.7 Å². The highest BCUT2D eigenvalue weighted by molar-refractivity contribution is 7.99. The van der Waals surface area contributed by atoms with Gasteiger partial charge in [-0.25, -0.2) is 9.97 Å². The number of imidazole rings is 1. The van der Waals surface area contributed by atoms with Gasteiger partial charge in [0.25, 0.3) is 5.56 Å². The molecule has 2 aromatic carbocycles. The highest BCUT2D eigenvalue weighted by atomic mass is 32.2. The molecule has 0 aliphatic heterocycles. The molecule has 0 unspecified atom stereocenters. The maximum Gasteiger partial charge on any atom is 0.262 e. The lowest BCUT2D eigenvalue weighted by molar-refractivity contribution is 0.420. The van der Waals surface area contributed by atoms with E-state index in [4.69, 9.17) is 0 Å². The summed E-state index contributed by atoms with van der Waals surface area (Å²) in [5.41, 5.74) is 2.07. The molecule has 2 aromatic heterocycles. The van der Waals surface area contributed by atoms with Crippen molar-refractivity contribution in [2.45, 2.75) is 25.5 Å². The summed E-state index contributed by atoms with van der Waals surface area (Å²) < 4.78 is 1.64. The Hall–Kier alpha value is -3.57. The summed E-state index contributed by atoms with van der Waals surface area (Å²) in [7, 11) is 0. The molecule has 156 valence electrons. The maximum atomic E-state index is 13.0. The van der Waals surface area contributed by atoms with E-state index in [1.165, 1.54) is 11.8 Å². The number of nitrogens with one attached hydrogen (secondary N) is 1. The summed E-state index contributed by atoms with van der Waals surface area (Å²) in [6.07, 6.45) is 0. The minimum Gasteiger partial charge on any atom is -0.510 e. The van der Waals surface area contributed by atoms with Gasteiger partial charge in [0.2, 0.25) is 0 Å². The Bertz CT molecular complexity index is 1360. The Labute approximate surface area is 183 Å². The van der Waals surface area contributed by atoms with Crippen LogP contribution in [0.5, 0.6) is 0 Å². The van der Waals surface area contributed by atoms with E-state index < -0.39 is 0 Å². The summed E-state index contributed by atoms with van der Waals surface area (Å²) >= 11 is 1.22. The van der Waals surface area contributed by atoms with E-state index in [9.17, 15) is 15.2 Å². The number of para-hydroxylation sites is 3. The van der Waals surface area contributed by atoms with Gasteiger partial charge in [-0.2, -0.15) is 5.26 Å². The van der Waals surface area contributed by atoms with Crippen molar-refractivity contribution in [2.24, 2.45) is 5.92 Å². The quantitative estimate of drug-likeness (QED) is 0.201. The molecule has 0 atom stereocenters. The Kier molecular flexibility index (Phi) is 5.78. The van der Waals surface area contributed by atoms with E-state index in [0.29, 0.717) is 33.9 Å². The minimum atomic E-state index is -0.120. The standard InChI is InChI=1S/C23H21N5O2S/c1-14(2)12-28-22(30)15-7-3-4-8-17(15)27-23(28)31-13-20(29)16(11-24)21-25-18-9-5-6-10-19(18)26-21/h3-10,14,29H,12-13H2,1-2H3,(H,25,26)/b20-16-. The number of nitrogens with zero attached hydrogens (tertiary/aromatic N) is 4. The second-order valence-corrected chi connectivity index (χ2v) is 8.49. The predicted molar refractivity (Wildman–Crippen MR) is 123 cm³/mol. The van der Waals surface area contributed by atoms with E-state index in [0.717, 1.165) is 5.52 Å². The molecule has 0 fully saturated rings. The fraction of sp³-hybridized carbons (Fsp3) is 0.217. The van der Waals surface area contributed by atoms with Crippen LogP contribution in [0.4, 0.5) is 0 Å². The molecule has 2 N–H and O–H groups in total. The Balaban J connectivity index is 1.70. The first-order chi connectivity index (χ1) is 15.0. The van der Waals surface area contributed by atoms with Crippen LogP contribution in [0.2, 0.25) is 0 Å². The molecule has 0 bridgehead atoms. The summed E-state index contributed by atoms with van der Waals surface area (Å²) in [4.78, 5) is 25.1. The first-order valence-corrected chi connectivity index (χ1v) is 10.9. The van der Waals surface area contributed by atoms with Crippen LogP contribution in [0.25, 0.3) is 27.5 Å². The van der Waals surface area contributed by atoms with Crippen molar-refractivity contribution in [1.29, 1.82) is 5.26 Å². The smallest absolute Gasteiger partial charge is 0.262 e. The SMILES string of the molecule is CC(C)Cn1c(SC/C(O)=C(\C#N)c2nc3ccccc3[nH]2)nc2ccccc2c1=O. The van der Waals surface area contributed by atoms with Crippen molar-refractivity contribution in [1.82, 2.24) is 19.5 Å².